The molecule has 0 saturated carbocycles. The Bertz CT molecular complexity index is 93.9. The Balaban J connectivity index is 3.55. The topological polar surface area (TPSA) is 17.1 Å². The number of hydrogen-bond acceptors (Lipinski definition) is 1. The quantitative estimate of drug-likeness (QED) is 0.387. The highest BCUT2D eigenvalue weighted by Gasteiger charge is 2.30. The molecule has 0 amide bonds. The van der Waals surface area contributed by atoms with Gasteiger partial charge in [0.15, 0.2) is 0 Å². The maximum atomic E-state index is 10.8. The number of carbonyl (C=O) groups is 1. The Hall–Kier alpha value is -0.610. The van der Waals surface area contributed by atoms with Crippen LogP contribution < -0.4 is 0 Å². The highest BCUT2D eigenvalue weighted by molar-refractivity contribution is 5.68. The van der Waals surface area contributed by atoms with Crippen molar-refractivity contribution in [3.05, 3.63) is 0 Å². The van der Waals surface area contributed by atoms with Gasteiger partial charge in [-0.2, -0.15) is 17.6 Å². The average molecular weight is 130 g/mol. The zero-order valence-corrected chi connectivity index (χ0v) is 3.63. The molecule has 8 heavy (non-hydrogen) atoms. The molecular formula is C3H2F4O. The summed E-state index contributed by atoms with van der Waals surface area (Å²) in [4.78, 5) is 9.07. The van der Waals surface area contributed by atoms with E-state index in [0.717, 1.165) is 0 Å². The first-order chi connectivity index (χ1) is 3.42. The van der Waals surface area contributed by atoms with Crippen molar-refractivity contribution in [1.29, 1.82) is 0 Å². The van der Waals surface area contributed by atoms with Crippen molar-refractivity contribution in [1.82, 2.24) is 0 Å². The van der Waals surface area contributed by atoms with Gasteiger partial charge in [0.2, 0.25) is 0 Å². The van der Waals surface area contributed by atoms with Crippen molar-refractivity contribution in [3.63, 3.8) is 0 Å². The molecule has 0 aromatic carbocycles. The lowest BCUT2D eigenvalue weighted by atomic mass is 10.4. The van der Waals surface area contributed by atoms with Gasteiger partial charge in [-0.05, 0) is 0 Å². The molecule has 0 aromatic heterocycles. The molecule has 0 heterocycles. The Morgan fingerprint density at radius 3 is 1.75 bits per heavy atom. The van der Waals surface area contributed by atoms with E-state index in [0.29, 0.717) is 0 Å². The first-order valence-corrected chi connectivity index (χ1v) is 1.67. The van der Waals surface area contributed by atoms with Gasteiger partial charge >= 0.3 is 12.2 Å². The molecule has 0 N–H and O–H groups in total. The summed E-state index contributed by atoms with van der Waals surface area (Å²) in [5.41, 5.74) is 0. The van der Waals surface area contributed by atoms with Gasteiger partial charge < -0.3 is 0 Å². The van der Waals surface area contributed by atoms with Crippen LogP contribution in [-0.4, -0.2) is 12.2 Å². The van der Waals surface area contributed by atoms with Crippen molar-refractivity contribution >= 4 is 6.04 Å². The molecule has 0 atom stereocenters. The predicted octanol–water partition coefficient (Wildman–Crippen LogP) is 1.43. The van der Waals surface area contributed by atoms with E-state index in [1.54, 1.807) is 0 Å². The third-order valence-corrected chi connectivity index (χ3v) is 0.339. The second-order valence-corrected chi connectivity index (χ2v) is 1.15. The van der Waals surface area contributed by atoms with Crippen molar-refractivity contribution in [2.24, 2.45) is 0 Å². The third kappa shape index (κ3) is 5.39. The Labute approximate surface area is 42.3 Å². The molecule has 0 unspecified atom stereocenters. The Morgan fingerprint density at radius 1 is 1.38 bits per heavy atom. The number of hydrogen-bond donors (Lipinski definition) is 0. The van der Waals surface area contributed by atoms with Gasteiger partial charge in [0.25, 0.3) is 0 Å². The molecule has 0 bridgehead atoms. The second kappa shape index (κ2) is 2.11. The third-order valence-electron chi connectivity index (χ3n) is 0.339. The summed E-state index contributed by atoms with van der Waals surface area (Å²) in [6.07, 6.45) is -6.68. The fourth-order valence-electron chi connectivity index (χ4n) is 0.158. The van der Waals surface area contributed by atoms with Crippen molar-refractivity contribution in [3.8, 4) is 0 Å². The standard InChI is InChI=1S/C3H2F4O/c4-2(8)1-3(5,6)7/h1H2. The van der Waals surface area contributed by atoms with Crippen molar-refractivity contribution < 1.29 is 22.4 Å². The van der Waals surface area contributed by atoms with Crippen LogP contribution in [0.15, 0.2) is 0 Å². The molecule has 0 aromatic rings. The summed E-state index contributed by atoms with van der Waals surface area (Å²) in [5.74, 6) is 0. The Morgan fingerprint density at radius 2 is 1.75 bits per heavy atom. The van der Waals surface area contributed by atoms with E-state index in [1.165, 1.54) is 0 Å². The zero-order valence-electron chi connectivity index (χ0n) is 3.63. The predicted molar refractivity (Wildman–Crippen MR) is 16.8 cm³/mol. The highest BCUT2D eigenvalue weighted by atomic mass is 19.4. The van der Waals surface area contributed by atoms with Gasteiger partial charge in [-0.15, -0.1) is 0 Å². The summed E-state index contributed by atoms with van der Waals surface area (Å²) in [7, 11) is 0. The van der Waals surface area contributed by atoms with Crippen LogP contribution in [0.25, 0.3) is 0 Å². The number of rotatable bonds is 1. The van der Waals surface area contributed by atoms with Crippen molar-refractivity contribution in [2.45, 2.75) is 12.6 Å². The molecule has 5 heteroatoms. The largest absolute Gasteiger partial charge is 0.398 e. The molecule has 0 saturated heterocycles. The fourth-order valence-corrected chi connectivity index (χ4v) is 0.158. The zero-order chi connectivity index (χ0) is 6.78. The lowest BCUT2D eigenvalue weighted by Crippen LogP contribution is -2.11. The number of halogens is 4. The maximum absolute atomic E-state index is 10.8. The first-order valence-electron chi connectivity index (χ1n) is 1.67. The van der Waals surface area contributed by atoms with E-state index >= 15 is 0 Å². The van der Waals surface area contributed by atoms with Crippen LogP contribution in [0.1, 0.15) is 6.42 Å². The van der Waals surface area contributed by atoms with E-state index in [2.05, 4.69) is 0 Å². The Kier molecular flexibility index (Phi) is 1.94. The van der Waals surface area contributed by atoms with Crippen LogP contribution in [0.5, 0.6) is 0 Å². The van der Waals surface area contributed by atoms with E-state index in [-0.39, 0.29) is 0 Å². The van der Waals surface area contributed by atoms with Crippen LogP contribution in [0, 0.1) is 0 Å². The number of alkyl halides is 3. The molecule has 1 nitrogen and oxygen atoms in total. The minimum Gasteiger partial charge on any atom is -0.261 e. The monoisotopic (exact) mass is 130 g/mol. The van der Waals surface area contributed by atoms with Crippen LogP contribution in [0.4, 0.5) is 17.6 Å². The maximum Gasteiger partial charge on any atom is 0.398 e. The number of carbonyl (C=O) groups excluding carboxylic acids is 1. The van der Waals surface area contributed by atoms with Gasteiger partial charge in [-0.1, -0.05) is 0 Å². The average Bonchev–Trinajstić information content (AvgIpc) is 1.21. The van der Waals surface area contributed by atoms with Crippen LogP contribution in [0.3, 0.4) is 0 Å². The summed E-state index contributed by atoms with van der Waals surface area (Å²) in [6.45, 7) is 0. The minimum atomic E-state index is -4.70. The lowest BCUT2D eigenvalue weighted by Gasteiger charge is -1.97. The molecular weight excluding hydrogens is 128 g/mol. The molecule has 0 fully saturated rings. The summed E-state index contributed by atoms with van der Waals surface area (Å²) in [6, 6.07) is -2.35. The van der Waals surface area contributed by atoms with E-state index < -0.39 is 18.6 Å². The SMILES string of the molecule is O=C(F)CC(F)(F)F. The summed E-state index contributed by atoms with van der Waals surface area (Å²) >= 11 is 0. The molecule has 0 radical (unpaired) electrons. The smallest absolute Gasteiger partial charge is 0.261 e. The summed E-state index contributed by atoms with van der Waals surface area (Å²) in [5, 5.41) is 0. The summed E-state index contributed by atoms with van der Waals surface area (Å²) < 4.78 is 43.4. The molecule has 48 valence electrons. The van der Waals surface area contributed by atoms with Gasteiger partial charge in [0.05, 0.1) is 0 Å². The van der Waals surface area contributed by atoms with Crippen LogP contribution in [-0.2, 0) is 4.79 Å². The van der Waals surface area contributed by atoms with Crippen LogP contribution in [0.2, 0.25) is 0 Å². The second-order valence-electron chi connectivity index (χ2n) is 1.15. The van der Waals surface area contributed by atoms with E-state index in [4.69, 9.17) is 4.79 Å². The first kappa shape index (κ1) is 7.39. The van der Waals surface area contributed by atoms with E-state index in [9.17, 15) is 17.6 Å². The van der Waals surface area contributed by atoms with Crippen LogP contribution >= 0.6 is 0 Å². The van der Waals surface area contributed by atoms with Gasteiger partial charge in [-0.3, -0.25) is 4.79 Å². The van der Waals surface area contributed by atoms with E-state index in [1.807, 2.05) is 0 Å². The fraction of sp³-hybridized carbons (Fsp3) is 0.667. The molecule has 0 aliphatic rings. The minimum absolute atomic E-state index is 1.98. The molecule has 0 rings (SSSR count). The molecule has 0 aliphatic heterocycles. The lowest BCUT2D eigenvalue weighted by molar-refractivity contribution is -0.159. The van der Waals surface area contributed by atoms with Gasteiger partial charge in [0, 0.05) is 0 Å². The van der Waals surface area contributed by atoms with Crippen molar-refractivity contribution in [2.75, 3.05) is 0 Å². The normalized spacial score (nSPS) is 11.5. The van der Waals surface area contributed by atoms with Gasteiger partial charge in [-0.25, -0.2) is 0 Å². The highest BCUT2D eigenvalue weighted by Crippen LogP contribution is 2.19. The molecule has 0 aliphatic carbocycles. The van der Waals surface area contributed by atoms with Gasteiger partial charge in [0.1, 0.15) is 6.42 Å². The molecule has 0 spiro atoms.